The molecule has 0 amide bonds. The molecule has 104 valence electrons. The molecule has 1 aliphatic heterocycles. The molecule has 1 heterocycles. The van der Waals surface area contributed by atoms with Crippen LogP contribution < -0.4 is 5.32 Å². The first kappa shape index (κ1) is 12.8. The second kappa shape index (κ2) is 4.73. The molecule has 1 N–H and O–H groups in total. The third-order valence-electron chi connectivity index (χ3n) is 4.52. The Morgan fingerprint density at radius 3 is 2.47 bits per heavy atom. The van der Waals surface area contributed by atoms with Crippen LogP contribution in [0.1, 0.15) is 49.1 Å². The molecule has 1 nitrogen and oxygen atoms in total. The fourth-order valence-corrected chi connectivity index (χ4v) is 3.58. The lowest BCUT2D eigenvalue weighted by molar-refractivity contribution is -0.137. The molecule has 1 fully saturated rings. The minimum atomic E-state index is -4.25. The van der Waals surface area contributed by atoms with Crippen LogP contribution in [-0.2, 0) is 6.18 Å². The summed E-state index contributed by atoms with van der Waals surface area (Å²) >= 11 is 0. The van der Waals surface area contributed by atoms with Crippen molar-refractivity contribution in [1.82, 2.24) is 0 Å². The van der Waals surface area contributed by atoms with Gasteiger partial charge in [0.1, 0.15) is 0 Å². The van der Waals surface area contributed by atoms with Gasteiger partial charge in [-0.05, 0) is 48.8 Å². The largest absolute Gasteiger partial charge is 0.416 e. The Labute approximate surface area is 111 Å². The van der Waals surface area contributed by atoms with E-state index in [4.69, 9.17) is 0 Å². The molecule has 1 unspecified atom stereocenters. The zero-order chi connectivity index (χ0) is 13.5. The highest BCUT2D eigenvalue weighted by Crippen LogP contribution is 2.45. The van der Waals surface area contributed by atoms with Crippen LogP contribution in [-0.4, -0.2) is 6.54 Å². The third kappa shape index (κ3) is 2.45. The van der Waals surface area contributed by atoms with Crippen LogP contribution in [0, 0.1) is 5.92 Å². The average molecular weight is 269 g/mol. The van der Waals surface area contributed by atoms with Crippen molar-refractivity contribution >= 4 is 5.69 Å². The molecule has 0 aromatic heterocycles. The number of hydrogen-bond acceptors (Lipinski definition) is 1. The lowest BCUT2D eigenvalue weighted by Crippen LogP contribution is -2.22. The van der Waals surface area contributed by atoms with Crippen LogP contribution in [0.3, 0.4) is 0 Å². The van der Waals surface area contributed by atoms with Gasteiger partial charge in [0.05, 0.1) is 5.56 Å². The summed E-state index contributed by atoms with van der Waals surface area (Å²) in [6.07, 6.45) is 1.78. The van der Waals surface area contributed by atoms with E-state index in [1.807, 2.05) is 0 Å². The highest BCUT2D eigenvalue weighted by atomic mass is 19.4. The molecule has 19 heavy (non-hydrogen) atoms. The van der Waals surface area contributed by atoms with E-state index < -0.39 is 11.7 Å². The molecule has 3 rings (SSSR count). The summed E-state index contributed by atoms with van der Waals surface area (Å²) < 4.78 is 38.2. The van der Waals surface area contributed by atoms with Crippen molar-refractivity contribution in [2.24, 2.45) is 5.92 Å². The lowest BCUT2D eigenvalue weighted by atomic mass is 9.79. The van der Waals surface area contributed by atoms with E-state index in [9.17, 15) is 13.2 Å². The van der Waals surface area contributed by atoms with E-state index in [-0.39, 0.29) is 0 Å². The van der Waals surface area contributed by atoms with E-state index in [1.165, 1.54) is 37.8 Å². The predicted molar refractivity (Wildman–Crippen MR) is 69.2 cm³/mol. The first-order valence-electron chi connectivity index (χ1n) is 7.01. The zero-order valence-corrected chi connectivity index (χ0v) is 10.8. The van der Waals surface area contributed by atoms with Gasteiger partial charge in [0, 0.05) is 12.2 Å². The Morgan fingerprint density at radius 1 is 1.05 bits per heavy atom. The quantitative estimate of drug-likeness (QED) is 0.772. The van der Waals surface area contributed by atoms with E-state index in [1.54, 1.807) is 6.07 Å². The third-order valence-corrected chi connectivity index (χ3v) is 4.52. The van der Waals surface area contributed by atoms with Gasteiger partial charge in [-0.2, -0.15) is 13.2 Å². The van der Waals surface area contributed by atoms with Crippen LogP contribution in [0.4, 0.5) is 18.9 Å². The Bertz CT molecular complexity index is 461. The topological polar surface area (TPSA) is 12.0 Å². The SMILES string of the molecule is FC(F)(F)c1ccc2c(c1)NCCC2C1CCCC1. The Hall–Kier alpha value is -1.19. The molecule has 0 radical (unpaired) electrons. The minimum absolute atomic E-state index is 0.445. The van der Waals surface area contributed by atoms with Gasteiger partial charge in [-0.3, -0.25) is 0 Å². The number of hydrogen-bond donors (Lipinski definition) is 1. The second-order valence-corrected chi connectivity index (χ2v) is 5.67. The van der Waals surface area contributed by atoms with Crippen molar-refractivity contribution in [2.75, 3.05) is 11.9 Å². The maximum absolute atomic E-state index is 12.7. The summed E-state index contributed by atoms with van der Waals surface area (Å²) in [6, 6.07) is 4.19. The summed E-state index contributed by atoms with van der Waals surface area (Å²) in [7, 11) is 0. The molecular weight excluding hydrogens is 251 g/mol. The first-order valence-corrected chi connectivity index (χ1v) is 7.01. The highest BCUT2D eigenvalue weighted by Gasteiger charge is 2.34. The Kier molecular flexibility index (Phi) is 3.19. The molecule has 0 spiro atoms. The summed E-state index contributed by atoms with van der Waals surface area (Å²) in [6.45, 7) is 0.787. The van der Waals surface area contributed by atoms with Crippen LogP contribution in [0.5, 0.6) is 0 Å². The van der Waals surface area contributed by atoms with Gasteiger partial charge >= 0.3 is 6.18 Å². The molecule has 2 aliphatic rings. The standard InChI is InChI=1S/C15H18F3N/c16-15(17,18)11-5-6-13-12(10-3-1-2-4-10)7-8-19-14(13)9-11/h5-6,9-10,12,19H,1-4,7-8H2. The first-order chi connectivity index (χ1) is 9.05. The fourth-order valence-electron chi connectivity index (χ4n) is 3.58. The molecule has 4 heteroatoms. The fraction of sp³-hybridized carbons (Fsp3) is 0.600. The van der Waals surface area contributed by atoms with Crippen LogP contribution in [0.2, 0.25) is 0 Å². The Balaban J connectivity index is 1.92. The van der Waals surface area contributed by atoms with Gasteiger partial charge in [0.2, 0.25) is 0 Å². The van der Waals surface area contributed by atoms with Crippen molar-refractivity contribution in [2.45, 2.75) is 44.2 Å². The predicted octanol–water partition coefficient (Wildman–Crippen LogP) is 4.79. The van der Waals surface area contributed by atoms with Gasteiger partial charge in [-0.15, -0.1) is 0 Å². The smallest absolute Gasteiger partial charge is 0.385 e. The number of benzene rings is 1. The molecule has 1 aliphatic carbocycles. The van der Waals surface area contributed by atoms with Crippen molar-refractivity contribution in [1.29, 1.82) is 0 Å². The number of nitrogens with one attached hydrogen (secondary N) is 1. The number of halogens is 3. The van der Waals surface area contributed by atoms with Crippen LogP contribution >= 0.6 is 0 Å². The van der Waals surface area contributed by atoms with E-state index >= 15 is 0 Å². The lowest BCUT2D eigenvalue weighted by Gasteiger charge is -2.31. The van der Waals surface area contributed by atoms with Crippen LogP contribution in [0.25, 0.3) is 0 Å². The van der Waals surface area contributed by atoms with Gasteiger partial charge in [0.15, 0.2) is 0 Å². The normalized spacial score (nSPS) is 24.1. The van der Waals surface area contributed by atoms with E-state index in [0.29, 0.717) is 17.5 Å². The average Bonchev–Trinajstić information content (AvgIpc) is 2.90. The maximum atomic E-state index is 12.7. The second-order valence-electron chi connectivity index (χ2n) is 5.67. The molecule has 1 saturated carbocycles. The number of rotatable bonds is 1. The van der Waals surface area contributed by atoms with Crippen molar-refractivity contribution < 1.29 is 13.2 Å². The molecular formula is C15H18F3N. The number of anilines is 1. The minimum Gasteiger partial charge on any atom is -0.385 e. The summed E-state index contributed by atoms with van der Waals surface area (Å²) in [5, 5.41) is 3.13. The number of alkyl halides is 3. The van der Waals surface area contributed by atoms with Crippen molar-refractivity contribution in [3.63, 3.8) is 0 Å². The molecule has 1 aromatic carbocycles. The zero-order valence-electron chi connectivity index (χ0n) is 10.8. The summed E-state index contributed by atoms with van der Waals surface area (Å²) in [5.41, 5.74) is 1.23. The molecule has 0 saturated heterocycles. The number of fused-ring (bicyclic) bond motifs is 1. The van der Waals surface area contributed by atoms with Crippen molar-refractivity contribution in [3.05, 3.63) is 29.3 Å². The van der Waals surface area contributed by atoms with Gasteiger partial charge in [-0.1, -0.05) is 18.9 Å². The van der Waals surface area contributed by atoms with E-state index in [0.717, 1.165) is 18.5 Å². The highest BCUT2D eigenvalue weighted by molar-refractivity contribution is 5.57. The van der Waals surface area contributed by atoms with Crippen LogP contribution in [0.15, 0.2) is 18.2 Å². The summed E-state index contributed by atoms with van der Waals surface area (Å²) in [5.74, 6) is 1.11. The maximum Gasteiger partial charge on any atom is 0.416 e. The molecule has 1 aromatic rings. The Morgan fingerprint density at radius 2 is 1.79 bits per heavy atom. The van der Waals surface area contributed by atoms with Crippen molar-refractivity contribution in [3.8, 4) is 0 Å². The molecule has 1 atom stereocenters. The summed E-state index contributed by atoms with van der Waals surface area (Å²) in [4.78, 5) is 0. The van der Waals surface area contributed by atoms with Gasteiger partial charge < -0.3 is 5.32 Å². The van der Waals surface area contributed by atoms with E-state index in [2.05, 4.69) is 5.32 Å². The monoisotopic (exact) mass is 269 g/mol. The van der Waals surface area contributed by atoms with Gasteiger partial charge in [-0.25, -0.2) is 0 Å². The van der Waals surface area contributed by atoms with Gasteiger partial charge in [0.25, 0.3) is 0 Å². The molecule has 0 bridgehead atoms.